The van der Waals surface area contributed by atoms with Crippen LogP contribution in [-0.4, -0.2) is 33.7 Å². The van der Waals surface area contributed by atoms with Gasteiger partial charge < -0.3 is 10.6 Å². The molecule has 0 aliphatic heterocycles. The van der Waals surface area contributed by atoms with E-state index in [1.807, 2.05) is 32.4 Å². The van der Waals surface area contributed by atoms with Gasteiger partial charge >= 0.3 is 0 Å². The van der Waals surface area contributed by atoms with Crippen LogP contribution in [0.4, 0.5) is 0 Å². The van der Waals surface area contributed by atoms with Crippen LogP contribution < -0.4 is 5.73 Å². The fraction of sp³-hybridized carbons (Fsp3) is 0.500. The van der Waals surface area contributed by atoms with Gasteiger partial charge in [-0.1, -0.05) is 12.2 Å². The molecule has 1 aliphatic rings. The summed E-state index contributed by atoms with van der Waals surface area (Å²) in [4.78, 5) is 13.8. The number of carbonyl (C=O) groups excluding carboxylic acids is 1. The Kier molecular flexibility index (Phi) is 3.28. The average Bonchev–Trinajstić information content (AvgIpc) is 2.87. The minimum atomic E-state index is -0.0633. The maximum absolute atomic E-state index is 12.1. The van der Waals surface area contributed by atoms with Gasteiger partial charge in [-0.15, -0.1) is 0 Å². The Morgan fingerprint density at radius 2 is 2.41 bits per heavy atom. The van der Waals surface area contributed by atoms with E-state index in [1.54, 1.807) is 15.8 Å². The highest BCUT2D eigenvalue weighted by molar-refractivity contribution is 5.81. The zero-order valence-corrected chi connectivity index (χ0v) is 10.2. The summed E-state index contributed by atoms with van der Waals surface area (Å²) in [6, 6.07) is 0.0238. The molecule has 1 aromatic heterocycles. The molecule has 0 fully saturated rings. The van der Waals surface area contributed by atoms with Crippen molar-refractivity contribution in [2.75, 3.05) is 7.05 Å². The van der Waals surface area contributed by atoms with Crippen LogP contribution in [0.15, 0.2) is 24.5 Å². The third kappa shape index (κ3) is 2.74. The van der Waals surface area contributed by atoms with Gasteiger partial charge in [-0.2, -0.15) is 5.10 Å². The molecule has 0 bridgehead atoms. The van der Waals surface area contributed by atoms with Crippen LogP contribution >= 0.6 is 0 Å². The number of aryl methyl sites for hydroxylation is 1. The molecule has 1 aliphatic carbocycles. The highest BCUT2D eigenvalue weighted by Crippen LogP contribution is 2.19. The fourth-order valence-corrected chi connectivity index (χ4v) is 2.10. The Balaban J connectivity index is 1.94. The molecule has 92 valence electrons. The summed E-state index contributed by atoms with van der Waals surface area (Å²) < 4.78 is 1.74. The maximum Gasteiger partial charge on any atom is 0.229 e. The molecule has 2 N–H and O–H groups in total. The standard InChI is InChI=1S/C12H18N4O/c1-15(7-9-6-14-16(2)8-9)12(17)10-3-4-11(13)5-10/h3-4,6,8,10-11H,5,7,13H2,1-2H3. The van der Waals surface area contributed by atoms with Gasteiger partial charge in [0.25, 0.3) is 0 Å². The molecule has 0 spiro atoms. The van der Waals surface area contributed by atoms with Crippen LogP contribution in [0.25, 0.3) is 0 Å². The van der Waals surface area contributed by atoms with Crippen molar-refractivity contribution in [1.82, 2.24) is 14.7 Å². The number of rotatable bonds is 3. The third-order valence-electron chi connectivity index (χ3n) is 2.99. The third-order valence-corrected chi connectivity index (χ3v) is 2.99. The fourth-order valence-electron chi connectivity index (χ4n) is 2.10. The zero-order chi connectivity index (χ0) is 12.4. The molecule has 2 atom stereocenters. The number of nitrogens with zero attached hydrogens (tertiary/aromatic N) is 3. The first-order chi connectivity index (χ1) is 8.06. The molecular weight excluding hydrogens is 216 g/mol. The van der Waals surface area contributed by atoms with Gasteiger partial charge in [0, 0.05) is 38.4 Å². The number of carbonyl (C=O) groups is 1. The van der Waals surface area contributed by atoms with Gasteiger partial charge in [0.1, 0.15) is 0 Å². The van der Waals surface area contributed by atoms with Crippen LogP contribution in [0, 0.1) is 5.92 Å². The second kappa shape index (κ2) is 4.71. The van der Waals surface area contributed by atoms with Crippen molar-refractivity contribution < 1.29 is 4.79 Å². The van der Waals surface area contributed by atoms with Crippen LogP contribution in [0.5, 0.6) is 0 Å². The van der Waals surface area contributed by atoms with E-state index in [-0.39, 0.29) is 17.9 Å². The average molecular weight is 234 g/mol. The predicted molar refractivity (Wildman–Crippen MR) is 64.9 cm³/mol. The zero-order valence-electron chi connectivity index (χ0n) is 10.2. The molecule has 2 unspecified atom stereocenters. The summed E-state index contributed by atoms with van der Waals surface area (Å²) in [6.45, 7) is 0.590. The molecule has 0 radical (unpaired) electrons. The van der Waals surface area contributed by atoms with Crippen molar-refractivity contribution in [3.05, 3.63) is 30.1 Å². The summed E-state index contributed by atoms with van der Waals surface area (Å²) in [6.07, 6.45) is 8.23. The molecule has 0 saturated carbocycles. The molecule has 0 aromatic carbocycles. The number of aromatic nitrogens is 2. The van der Waals surface area contributed by atoms with Gasteiger partial charge in [-0.3, -0.25) is 9.48 Å². The number of hydrogen-bond donors (Lipinski definition) is 1. The van der Waals surface area contributed by atoms with E-state index in [4.69, 9.17) is 5.73 Å². The highest BCUT2D eigenvalue weighted by atomic mass is 16.2. The Bertz CT molecular complexity index is 437. The van der Waals surface area contributed by atoms with Crippen molar-refractivity contribution in [2.24, 2.45) is 18.7 Å². The summed E-state index contributed by atoms with van der Waals surface area (Å²) in [5.74, 6) is 0.0599. The second-order valence-electron chi connectivity index (χ2n) is 4.61. The maximum atomic E-state index is 12.1. The Labute approximate surface area is 101 Å². The second-order valence-corrected chi connectivity index (χ2v) is 4.61. The van der Waals surface area contributed by atoms with Crippen molar-refractivity contribution in [3.8, 4) is 0 Å². The quantitative estimate of drug-likeness (QED) is 0.764. The molecule has 5 heteroatoms. The van der Waals surface area contributed by atoms with Gasteiger partial charge in [0.2, 0.25) is 5.91 Å². The van der Waals surface area contributed by atoms with Gasteiger partial charge in [-0.05, 0) is 6.42 Å². The lowest BCUT2D eigenvalue weighted by Gasteiger charge is -2.19. The normalized spacial score (nSPS) is 23.0. The number of nitrogens with two attached hydrogens (primary N) is 1. The molecule has 1 amide bonds. The Morgan fingerprint density at radius 1 is 1.65 bits per heavy atom. The SMILES string of the molecule is CN(Cc1cnn(C)c1)C(=O)C1C=CC(N)C1. The van der Waals surface area contributed by atoms with E-state index in [9.17, 15) is 4.79 Å². The lowest BCUT2D eigenvalue weighted by molar-refractivity contribution is -0.133. The van der Waals surface area contributed by atoms with Crippen molar-refractivity contribution >= 4 is 5.91 Å². The molecule has 0 saturated heterocycles. The molecular formula is C12H18N4O. The van der Waals surface area contributed by atoms with Crippen LogP contribution in [-0.2, 0) is 18.4 Å². The molecule has 1 heterocycles. The largest absolute Gasteiger partial charge is 0.341 e. The Hall–Kier alpha value is -1.62. The number of amides is 1. The number of hydrogen-bond acceptors (Lipinski definition) is 3. The van der Waals surface area contributed by atoms with E-state index in [2.05, 4.69) is 5.10 Å². The summed E-state index contributed by atoms with van der Waals surface area (Å²) in [7, 11) is 3.68. The minimum Gasteiger partial charge on any atom is -0.341 e. The smallest absolute Gasteiger partial charge is 0.229 e. The lowest BCUT2D eigenvalue weighted by Crippen LogP contribution is -2.32. The lowest BCUT2D eigenvalue weighted by atomic mass is 10.1. The van der Waals surface area contributed by atoms with Gasteiger partial charge in [0.05, 0.1) is 12.1 Å². The van der Waals surface area contributed by atoms with E-state index < -0.39 is 0 Å². The van der Waals surface area contributed by atoms with E-state index in [1.165, 1.54) is 0 Å². The first kappa shape index (κ1) is 11.9. The first-order valence-corrected chi connectivity index (χ1v) is 5.72. The van der Waals surface area contributed by atoms with E-state index in [0.29, 0.717) is 6.54 Å². The monoisotopic (exact) mass is 234 g/mol. The van der Waals surface area contributed by atoms with Crippen LogP contribution in [0.1, 0.15) is 12.0 Å². The highest BCUT2D eigenvalue weighted by Gasteiger charge is 2.25. The van der Waals surface area contributed by atoms with Crippen LogP contribution in [0.2, 0.25) is 0 Å². The first-order valence-electron chi connectivity index (χ1n) is 5.72. The summed E-state index contributed by atoms with van der Waals surface area (Å²) >= 11 is 0. The van der Waals surface area contributed by atoms with E-state index >= 15 is 0 Å². The minimum absolute atomic E-state index is 0.0238. The van der Waals surface area contributed by atoms with Crippen LogP contribution in [0.3, 0.4) is 0 Å². The predicted octanol–water partition coefficient (Wildman–Crippen LogP) is 0.282. The topological polar surface area (TPSA) is 64.2 Å². The van der Waals surface area contributed by atoms with Gasteiger partial charge in [-0.25, -0.2) is 0 Å². The van der Waals surface area contributed by atoms with Crippen molar-refractivity contribution in [1.29, 1.82) is 0 Å². The van der Waals surface area contributed by atoms with Gasteiger partial charge in [0.15, 0.2) is 0 Å². The summed E-state index contributed by atoms with van der Waals surface area (Å²) in [5, 5.41) is 4.08. The van der Waals surface area contributed by atoms with E-state index in [0.717, 1.165) is 12.0 Å². The molecule has 17 heavy (non-hydrogen) atoms. The molecule has 2 rings (SSSR count). The Morgan fingerprint density at radius 3 is 2.94 bits per heavy atom. The molecule has 5 nitrogen and oxygen atoms in total. The molecule has 1 aromatic rings. The van der Waals surface area contributed by atoms with Crippen molar-refractivity contribution in [2.45, 2.75) is 19.0 Å². The van der Waals surface area contributed by atoms with Crippen molar-refractivity contribution in [3.63, 3.8) is 0 Å². The summed E-state index contributed by atoms with van der Waals surface area (Å²) in [5.41, 5.74) is 6.78.